The van der Waals surface area contributed by atoms with E-state index >= 15 is 0 Å². The second-order valence-corrected chi connectivity index (χ2v) is 9.58. The number of hydrogen-bond donors (Lipinski definition) is 0. The minimum atomic E-state index is -1.37. The van der Waals surface area contributed by atoms with Gasteiger partial charge in [-0.25, -0.2) is 0 Å². The van der Waals surface area contributed by atoms with E-state index in [0.717, 1.165) is 6.42 Å². The van der Waals surface area contributed by atoms with Gasteiger partial charge < -0.3 is 4.74 Å². The normalized spacial score (nSPS) is 66.6. The molecule has 7 heteroatoms. The first-order chi connectivity index (χ1) is 8.78. The van der Waals surface area contributed by atoms with Gasteiger partial charge >= 0.3 is 0 Å². The zero-order chi connectivity index (χ0) is 13.5. The number of epoxide rings is 1. The second kappa shape index (κ2) is 3.20. The van der Waals surface area contributed by atoms with Crippen LogP contribution in [0.25, 0.3) is 0 Å². The lowest BCUT2D eigenvalue weighted by Gasteiger charge is -2.38. The summed E-state index contributed by atoms with van der Waals surface area (Å²) in [5.74, 6) is 0.776. The lowest BCUT2D eigenvalue weighted by Crippen LogP contribution is -2.46. The van der Waals surface area contributed by atoms with E-state index in [1.165, 1.54) is 0 Å². The van der Waals surface area contributed by atoms with Gasteiger partial charge in [0.15, 0.2) is 4.33 Å². The maximum atomic E-state index is 6.82. The Kier molecular flexibility index (Phi) is 2.18. The van der Waals surface area contributed by atoms with Crippen molar-refractivity contribution in [3.63, 3.8) is 0 Å². The highest BCUT2D eigenvalue weighted by Gasteiger charge is 2.89. The largest absolute Gasteiger partial charge is 0.369 e. The van der Waals surface area contributed by atoms with Gasteiger partial charge in [-0.2, -0.15) is 0 Å². The van der Waals surface area contributed by atoms with Crippen molar-refractivity contribution in [2.75, 3.05) is 0 Å². The third-order valence-electron chi connectivity index (χ3n) is 5.92. The summed E-state index contributed by atoms with van der Waals surface area (Å²) >= 11 is 39.5. The molecule has 19 heavy (non-hydrogen) atoms. The molecule has 0 aromatic carbocycles. The number of rotatable bonds is 0. The van der Waals surface area contributed by atoms with Crippen molar-refractivity contribution in [3.05, 3.63) is 10.1 Å². The maximum absolute atomic E-state index is 6.82. The SMILES string of the molecule is ClC1=C(Cl)[C@]2(Cl)[C@@H]3[C@@H]4C[C@@H]([C@@H]5O[C@H]45)[C@@H]3[C@@]1(Cl)C2(Cl)Cl. The Morgan fingerprint density at radius 2 is 1.26 bits per heavy atom. The Balaban J connectivity index is 1.80. The molecule has 5 rings (SSSR count). The van der Waals surface area contributed by atoms with Crippen LogP contribution in [0, 0.1) is 23.7 Å². The number of ether oxygens (including phenoxy) is 1. The molecule has 0 spiro atoms. The van der Waals surface area contributed by atoms with Gasteiger partial charge in [0.25, 0.3) is 0 Å². The van der Waals surface area contributed by atoms with Gasteiger partial charge in [0.2, 0.25) is 0 Å². The zero-order valence-electron chi connectivity index (χ0n) is 9.35. The van der Waals surface area contributed by atoms with Gasteiger partial charge in [-0.05, 0) is 30.1 Å². The fourth-order valence-corrected chi connectivity index (χ4v) is 8.43. The molecule has 0 amide bonds. The van der Waals surface area contributed by atoms with Crippen molar-refractivity contribution in [3.8, 4) is 0 Å². The monoisotopic (exact) mass is 378 g/mol. The third-order valence-corrected chi connectivity index (χ3v) is 10.2. The Bertz CT molecular complexity index is 516. The molecule has 0 unspecified atom stereocenters. The average molecular weight is 381 g/mol. The predicted molar refractivity (Wildman–Crippen MR) is 77.6 cm³/mol. The summed E-state index contributed by atoms with van der Waals surface area (Å²) in [5.41, 5.74) is 0. The van der Waals surface area contributed by atoms with Crippen molar-refractivity contribution in [1.29, 1.82) is 0 Å². The molecule has 5 aliphatic rings. The Morgan fingerprint density at radius 1 is 0.842 bits per heavy atom. The van der Waals surface area contributed by atoms with Crippen LogP contribution in [-0.4, -0.2) is 26.3 Å². The van der Waals surface area contributed by atoms with Gasteiger partial charge in [-0.3, -0.25) is 0 Å². The summed E-state index contributed by atoms with van der Waals surface area (Å²) in [7, 11) is 0. The van der Waals surface area contributed by atoms with Crippen LogP contribution in [0.2, 0.25) is 0 Å². The topological polar surface area (TPSA) is 12.5 Å². The number of allylic oxidation sites excluding steroid dienone is 2. The van der Waals surface area contributed by atoms with E-state index in [2.05, 4.69) is 0 Å². The van der Waals surface area contributed by atoms with Gasteiger partial charge in [-0.15, -0.1) is 23.2 Å². The first kappa shape index (κ1) is 12.9. The fraction of sp³-hybridized carbons (Fsp3) is 0.833. The Hall–Kier alpha value is 1.44. The Morgan fingerprint density at radius 3 is 1.68 bits per heavy atom. The van der Waals surface area contributed by atoms with Gasteiger partial charge in [0.1, 0.15) is 9.75 Å². The summed E-state index contributed by atoms with van der Waals surface area (Å²) in [6.45, 7) is 0. The van der Waals surface area contributed by atoms with Crippen molar-refractivity contribution in [2.24, 2.45) is 23.7 Å². The highest BCUT2D eigenvalue weighted by atomic mass is 35.5. The highest BCUT2D eigenvalue weighted by Crippen LogP contribution is 2.84. The lowest BCUT2D eigenvalue weighted by molar-refractivity contribution is 0.237. The fourth-order valence-electron chi connectivity index (χ4n) is 5.30. The molecule has 0 aromatic heterocycles. The molecule has 0 radical (unpaired) electrons. The van der Waals surface area contributed by atoms with Crippen molar-refractivity contribution >= 4 is 69.6 Å². The van der Waals surface area contributed by atoms with Crippen molar-refractivity contribution < 1.29 is 4.74 Å². The lowest BCUT2D eigenvalue weighted by atomic mass is 9.73. The second-order valence-electron chi connectivity index (χ2n) is 6.31. The third kappa shape index (κ3) is 0.986. The highest BCUT2D eigenvalue weighted by molar-refractivity contribution is 6.65. The molecule has 4 aliphatic carbocycles. The predicted octanol–water partition coefficient (Wildman–Crippen LogP) is 4.48. The molecular formula is C12H8Cl6O. The van der Waals surface area contributed by atoms with Crippen molar-refractivity contribution in [1.82, 2.24) is 0 Å². The number of fused-ring (bicyclic) bond motifs is 12. The van der Waals surface area contributed by atoms with Crippen LogP contribution in [-0.2, 0) is 4.74 Å². The molecule has 1 saturated heterocycles. The Labute approximate surface area is 140 Å². The standard InChI is InChI=1S/C12H8Cl6O/c13-8-9(14)11(16)5-3-1-2(6-7(3)19-6)4(5)10(8,15)12(11,17)18/h2-7H,1H2/t2-,3+,4+,5-,6+,7-,10+,11-. The molecule has 4 fully saturated rings. The van der Waals surface area contributed by atoms with Gasteiger partial charge in [-0.1, -0.05) is 46.4 Å². The smallest absolute Gasteiger partial charge is 0.166 e. The van der Waals surface area contributed by atoms with E-state index in [1.54, 1.807) is 0 Å². The summed E-state index contributed by atoms with van der Waals surface area (Å²) in [5, 5.41) is 0.642. The minimum absolute atomic E-state index is 0.0467. The zero-order valence-corrected chi connectivity index (χ0v) is 13.9. The molecule has 8 atom stereocenters. The van der Waals surface area contributed by atoms with Crippen LogP contribution in [0.1, 0.15) is 6.42 Å². The van der Waals surface area contributed by atoms with Crippen LogP contribution in [0.15, 0.2) is 10.1 Å². The average Bonchev–Trinajstić information content (AvgIpc) is 2.91. The molecule has 1 heterocycles. The summed E-state index contributed by atoms with van der Waals surface area (Å²) in [6, 6.07) is 0. The molecule has 0 N–H and O–H groups in total. The molecule has 1 nitrogen and oxygen atoms in total. The van der Waals surface area contributed by atoms with E-state index in [0.29, 0.717) is 21.9 Å². The van der Waals surface area contributed by atoms with E-state index < -0.39 is 14.1 Å². The maximum Gasteiger partial charge on any atom is 0.166 e. The van der Waals surface area contributed by atoms with Crippen molar-refractivity contribution in [2.45, 2.75) is 32.7 Å². The van der Waals surface area contributed by atoms with E-state index in [4.69, 9.17) is 74.3 Å². The first-order valence-electron chi connectivity index (χ1n) is 6.25. The number of alkyl halides is 4. The molecular weight excluding hydrogens is 373 g/mol. The molecule has 4 bridgehead atoms. The summed E-state index contributed by atoms with van der Waals surface area (Å²) in [6.07, 6.45) is 1.63. The van der Waals surface area contributed by atoms with E-state index in [1.807, 2.05) is 0 Å². The van der Waals surface area contributed by atoms with Gasteiger partial charge in [0.05, 0.1) is 22.3 Å². The van der Waals surface area contributed by atoms with Gasteiger partial charge in [0, 0.05) is 0 Å². The van der Waals surface area contributed by atoms with Crippen LogP contribution < -0.4 is 0 Å². The first-order valence-corrected chi connectivity index (χ1v) is 8.52. The summed E-state index contributed by atoms with van der Waals surface area (Å²) < 4.78 is 4.35. The number of halogens is 6. The molecule has 3 saturated carbocycles. The quantitative estimate of drug-likeness (QED) is 0.343. The minimum Gasteiger partial charge on any atom is -0.369 e. The number of hydrogen-bond acceptors (Lipinski definition) is 1. The molecule has 1 aliphatic heterocycles. The molecule has 104 valence electrons. The van der Waals surface area contributed by atoms with Crippen LogP contribution in [0.4, 0.5) is 0 Å². The van der Waals surface area contributed by atoms with Crippen LogP contribution in [0.3, 0.4) is 0 Å². The van der Waals surface area contributed by atoms with E-state index in [9.17, 15) is 0 Å². The van der Waals surface area contributed by atoms with Crippen LogP contribution >= 0.6 is 69.6 Å². The van der Waals surface area contributed by atoms with Crippen LogP contribution in [0.5, 0.6) is 0 Å². The summed E-state index contributed by atoms with van der Waals surface area (Å²) in [4.78, 5) is -2.17. The van der Waals surface area contributed by atoms with E-state index in [-0.39, 0.29) is 24.0 Å². The molecule has 0 aromatic rings.